The van der Waals surface area contributed by atoms with E-state index in [0.29, 0.717) is 17.7 Å². The van der Waals surface area contributed by atoms with Crippen LogP contribution in [0.2, 0.25) is 0 Å². The minimum absolute atomic E-state index is 0.189. The largest absolute Gasteiger partial charge is 0.342 e. The molecule has 2 aliphatic rings. The fourth-order valence-electron chi connectivity index (χ4n) is 3.50. The smallest absolute Gasteiger partial charge is 0.272 e. The summed E-state index contributed by atoms with van der Waals surface area (Å²) >= 11 is 0. The third-order valence-corrected chi connectivity index (χ3v) is 4.60. The van der Waals surface area contributed by atoms with Crippen LogP contribution in [-0.4, -0.2) is 27.5 Å². The predicted octanol–water partition coefficient (Wildman–Crippen LogP) is 2.39. The van der Waals surface area contributed by atoms with Crippen molar-refractivity contribution in [1.82, 2.24) is 15.1 Å². The average Bonchev–Trinajstić information content (AvgIpc) is 3.00. The van der Waals surface area contributed by atoms with Crippen LogP contribution in [0.5, 0.6) is 0 Å². The number of hydrogen-bond acceptors (Lipinski definition) is 5. The van der Waals surface area contributed by atoms with E-state index in [0.717, 1.165) is 30.0 Å². The SMILES string of the molecule is O=c1[nH]nc2c3c(cccc13)NC(CN1Cc3ccccc3C1)=N2. The molecule has 2 aliphatic heterocycles. The molecule has 118 valence electrons. The van der Waals surface area contributed by atoms with Crippen LogP contribution in [0.1, 0.15) is 11.1 Å². The van der Waals surface area contributed by atoms with E-state index in [1.165, 1.54) is 11.1 Å². The number of anilines is 1. The van der Waals surface area contributed by atoms with Gasteiger partial charge in [0.05, 0.1) is 23.0 Å². The zero-order chi connectivity index (χ0) is 16.1. The number of aliphatic imine (C=N–C) groups is 1. The van der Waals surface area contributed by atoms with Crippen LogP contribution in [0.4, 0.5) is 11.5 Å². The van der Waals surface area contributed by atoms with Crippen molar-refractivity contribution in [2.75, 3.05) is 11.9 Å². The number of nitrogens with zero attached hydrogens (tertiary/aromatic N) is 3. The van der Waals surface area contributed by atoms with Crippen molar-refractivity contribution in [1.29, 1.82) is 0 Å². The standard InChI is InChI=1S/C18H15N5O/c24-18-13-6-3-7-14-16(13)17(21-22-18)20-15(19-14)10-23-8-11-4-1-2-5-12(11)9-23/h1-7H,8-10H2,(H,22,24)(H,19,20,21). The lowest BCUT2D eigenvalue weighted by Gasteiger charge is -2.21. The number of aromatic amines is 1. The van der Waals surface area contributed by atoms with E-state index in [1.54, 1.807) is 6.07 Å². The van der Waals surface area contributed by atoms with E-state index in [1.807, 2.05) is 12.1 Å². The van der Waals surface area contributed by atoms with Gasteiger partial charge < -0.3 is 5.32 Å². The molecular formula is C18H15N5O. The van der Waals surface area contributed by atoms with E-state index in [9.17, 15) is 4.79 Å². The topological polar surface area (TPSA) is 73.4 Å². The lowest BCUT2D eigenvalue weighted by Crippen LogP contribution is -2.31. The van der Waals surface area contributed by atoms with Gasteiger partial charge in [-0.2, -0.15) is 5.10 Å². The summed E-state index contributed by atoms with van der Waals surface area (Å²) in [6.45, 7) is 2.56. The maximum absolute atomic E-state index is 11.9. The van der Waals surface area contributed by atoms with Crippen LogP contribution in [0, 0.1) is 0 Å². The van der Waals surface area contributed by atoms with Gasteiger partial charge >= 0.3 is 0 Å². The molecule has 0 amide bonds. The van der Waals surface area contributed by atoms with Gasteiger partial charge in [-0.25, -0.2) is 10.1 Å². The zero-order valence-electron chi connectivity index (χ0n) is 12.9. The van der Waals surface area contributed by atoms with E-state index < -0.39 is 0 Å². The molecule has 0 saturated heterocycles. The van der Waals surface area contributed by atoms with Gasteiger partial charge in [0, 0.05) is 13.1 Å². The summed E-state index contributed by atoms with van der Waals surface area (Å²) in [6, 6.07) is 14.1. The van der Waals surface area contributed by atoms with Crippen LogP contribution < -0.4 is 10.9 Å². The first-order valence-corrected chi connectivity index (χ1v) is 7.93. The van der Waals surface area contributed by atoms with Crippen LogP contribution in [0.25, 0.3) is 10.8 Å². The molecule has 3 aromatic rings. The lowest BCUT2D eigenvalue weighted by atomic mass is 10.1. The number of amidine groups is 1. The minimum atomic E-state index is -0.189. The summed E-state index contributed by atoms with van der Waals surface area (Å²) in [6.07, 6.45) is 0. The number of rotatable bonds is 2. The first-order valence-electron chi connectivity index (χ1n) is 7.93. The van der Waals surface area contributed by atoms with Gasteiger partial charge in [-0.15, -0.1) is 0 Å². The molecular weight excluding hydrogens is 302 g/mol. The maximum Gasteiger partial charge on any atom is 0.272 e. The summed E-state index contributed by atoms with van der Waals surface area (Å²) in [5.74, 6) is 1.42. The van der Waals surface area contributed by atoms with Crippen molar-refractivity contribution in [3.63, 3.8) is 0 Å². The highest BCUT2D eigenvalue weighted by atomic mass is 16.1. The van der Waals surface area contributed by atoms with Gasteiger partial charge in [0.25, 0.3) is 5.56 Å². The average molecular weight is 317 g/mol. The Kier molecular flexibility index (Phi) is 2.80. The molecule has 0 saturated carbocycles. The normalized spacial score (nSPS) is 15.9. The van der Waals surface area contributed by atoms with Gasteiger partial charge in [0.2, 0.25) is 0 Å². The van der Waals surface area contributed by atoms with Gasteiger partial charge in [-0.05, 0) is 23.3 Å². The third kappa shape index (κ3) is 2.04. The molecule has 6 nitrogen and oxygen atoms in total. The zero-order valence-corrected chi connectivity index (χ0v) is 12.9. The highest BCUT2D eigenvalue weighted by Crippen LogP contribution is 2.32. The van der Waals surface area contributed by atoms with Crippen molar-refractivity contribution >= 4 is 28.1 Å². The Balaban J connectivity index is 1.48. The molecule has 0 aliphatic carbocycles. The number of aromatic nitrogens is 2. The fraction of sp³-hybridized carbons (Fsp3) is 0.167. The molecule has 0 spiro atoms. The molecule has 0 fully saturated rings. The van der Waals surface area contributed by atoms with Gasteiger partial charge in [-0.3, -0.25) is 9.69 Å². The Hall–Kier alpha value is -2.99. The van der Waals surface area contributed by atoms with Crippen LogP contribution in [-0.2, 0) is 13.1 Å². The quantitative estimate of drug-likeness (QED) is 0.761. The van der Waals surface area contributed by atoms with E-state index >= 15 is 0 Å². The van der Waals surface area contributed by atoms with E-state index in [2.05, 4.69) is 49.7 Å². The molecule has 6 heteroatoms. The molecule has 2 aromatic carbocycles. The van der Waals surface area contributed by atoms with Crippen LogP contribution >= 0.6 is 0 Å². The Morgan fingerprint density at radius 3 is 2.62 bits per heavy atom. The summed E-state index contributed by atoms with van der Waals surface area (Å²) in [5.41, 5.74) is 3.45. The molecule has 5 rings (SSSR count). The molecule has 2 N–H and O–H groups in total. The molecule has 3 heterocycles. The summed E-state index contributed by atoms with van der Waals surface area (Å²) in [7, 11) is 0. The second-order valence-electron chi connectivity index (χ2n) is 6.20. The van der Waals surface area contributed by atoms with Gasteiger partial charge in [0.1, 0.15) is 5.84 Å². The summed E-state index contributed by atoms with van der Waals surface area (Å²) in [5, 5.41) is 11.4. The van der Waals surface area contributed by atoms with Crippen molar-refractivity contribution in [2.45, 2.75) is 13.1 Å². The van der Waals surface area contributed by atoms with E-state index in [4.69, 9.17) is 0 Å². The molecule has 0 atom stereocenters. The Morgan fingerprint density at radius 1 is 1.04 bits per heavy atom. The molecule has 0 radical (unpaired) electrons. The first kappa shape index (κ1) is 13.4. The summed E-state index contributed by atoms with van der Waals surface area (Å²) < 4.78 is 0. The Labute approximate surface area is 137 Å². The van der Waals surface area contributed by atoms with Crippen LogP contribution in [0.15, 0.2) is 52.3 Å². The van der Waals surface area contributed by atoms with Gasteiger partial charge in [-0.1, -0.05) is 30.3 Å². The Morgan fingerprint density at radius 2 is 1.83 bits per heavy atom. The minimum Gasteiger partial charge on any atom is -0.342 e. The highest BCUT2D eigenvalue weighted by molar-refractivity contribution is 6.12. The summed E-state index contributed by atoms with van der Waals surface area (Å²) in [4.78, 5) is 18.9. The fourth-order valence-corrected chi connectivity index (χ4v) is 3.50. The number of hydrogen-bond donors (Lipinski definition) is 2. The molecule has 24 heavy (non-hydrogen) atoms. The molecule has 0 unspecified atom stereocenters. The highest BCUT2D eigenvalue weighted by Gasteiger charge is 2.22. The number of H-pyrrole nitrogens is 1. The van der Waals surface area contributed by atoms with Crippen molar-refractivity contribution in [3.8, 4) is 0 Å². The monoisotopic (exact) mass is 317 g/mol. The van der Waals surface area contributed by atoms with Gasteiger partial charge in [0.15, 0.2) is 5.82 Å². The predicted molar refractivity (Wildman–Crippen MR) is 93.6 cm³/mol. The lowest BCUT2D eigenvalue weighted by molar-refractivity contribution is 0.326. The van der Waals surface area contributed by atoms with Crippen molar-refractivity contribution < 1.29 is 0 Å². The van der Waals surface area contributed by atoms with E-state index in [-0.39, 0.29) is 5.56 Å². The number of nitrogens with one attached hydrogen (secondary N) is 2. The molecule has 1 aromatic heterocycles. The van der Waals surface area contributed by atoms with Crippen molar-refractivity contribution in [2.24, 2.45) is 4.99 Å². The van der Waals surface area contributed by atoms with Crippen molar-refractivity contribution in [3.05, 3.63) is 63.9 Å². The number of fused-ring (bicyclic) bond motifs is 1. The second kappa shape index (κ2) is 5.01. The van der Waals surface area contributed by atoms with Crippen LogP contribution in [0.3, 0.4) is 0 Å². The third-order valence-electron chi connectivity index (χ3n) is 4.60. The molecule has 0 bridgehead atoms. The Bertz CT molecular complexity index is 1030. The number of benzene rings is 2. The second-order valence-corrected chi connectivity index (χ2v) is 6.20. The first-order chi connectivity index (χ1) is 11.8. The maximum atomic E-state index is 11.9.